The quantitative estimate of drug-likeness (QED) is 0.842. The van der Waals surface area contributed by atoms with Crippen molar-refractivity contribution in [2.45, 2.75) is 13.0 Å². The van der Waals surface area contributed by atoms with Crippen molar-refractivity contribution in [1.29, 1.82) is 0 Å². The Labute approximate surface area is 118 Å². The highest BCUT2D eigenvalue weighted by atomic mass is 35.5. The molecule has 0 aliphatic rings. The van der Waals surface area contributed by atoms with Crippen LogP contribution in [-0.2, 0) is 17.3 Å². The molecule has 0 bridgehead atoms. The lowest BCUT2D eigenvalue weighted by Crippen LogP contribution is -2.06. The number of nitrogens with two attached hydrogens (primary N) is 1. The summed E-state index contributed by atoms with van der Waals surface area (Å²) < 4.78 is 12.7. The predicted octanol–water partition coefficient (Wildman–Crippen LogP) is 1.34. The molecule has 2 aromatic rings. The molecule has 0 spiro atoms. The van der Waals surface area contributed by atoms with Crippen LogP contribution in [0.1, 0.15) is 6.42 Å². The van der Waals surface area contributed by atoms with Gasteiger partial charge in [0.15, 0.2) is 5.82 Å². The van der Waals surface area contributed by atoms with E-state index in [1.807, 2.05) is 0 Å². The van der Waals surface area contributed by atoms with E-state index in [4.69, 9.17) is 17.3 Å². The van der Waals surface area contributed by atoms with Crippen LogP contribution in [0.4, 0.5) is 5.69 Å². The van der Waals surface area contributed by atoms with Crippen molar-refractivity contribution < 1.29 is 4.21 Å². The molecular formula is C11H14ClN5OS. The average Bonchev–Trinajstić information content (AvgIpc) is 2.75. The number of nitrogen functional groups attached to an aromatic ring is 1. The van der Waals surface area contributed by atoms with Crippen LogP contribution in [0.25, 0.3) is 11.4 Å². The van der Waals surface area contributed by atoms with Crippen LogP contribution >= 0.6 is 11.6 Å². The Kier molecular flexibility index (Phi) is 4.49. The van der Waals surface area contributed by atoms with Gasteiger partial charge in [-0.25, -0.2) is 4.68 Å². The number of halogens is 1. The Morgan fingerprint density at radius 1 is 1.42 bits per heavy atom. The maximum atomic E-state index is 11.0. The van der Waals surface area contributed by atoms with Crippen molar-refractivity contribution >= 4 is 28.1 Å². The molecule has 0 fully saturated rings. The van der Waals surface area contributed by atoms with Crippen LogP contribution in [0.15, 0.2) is 18.2 Å². The van der Waals surface area contributed by atoms with Crippen LogP contribution in [0.5, 0.6) is 0 Å². The lowest BCUT2D eigenvalue weighted by Gasteiger charge is -2.05. The minimum Gasteiger partial charge on any atom is -0.399 e. The fourth-order valence-electron chi connectivity index (χ4n) is 1.72. The number of hydrogen-bond donors (Lipinski definition) is 1. The zero-order valence-electron chi connectivity index (χ0n) is 10.4. The summed E-state index contributed by atoms with van der Waals surface area (Å²) in [6.45, 7) is 0.605. The Morgan fingerprint density at radius 2 is 2.21 bits per heavy atom. The minimum absolute atomic E-state index is 0.541. The van der Waals surface area contributed by atoms with E-state index in [1.165, 1.54) is 0 Å². The summed E-state index contributed by atoms with van der Waals surface area (Å²) in [5.74, 6) is 1.23. The molecule has 0 saturated carbocycles. The van der Waals surface area contributed by atoms with Gasteiger partial charge >= 0.3 is 0 Å². The molecule has 102 valence electrons. The summed E-state index contributed by atoms with van der Waals surface area (Å²) in [5, 5.41) is 12.1. The van der Waals surface area contributed by atoms with Gasteiger partial charge in [-0.1, -0.05) is 11.6 Å². The van der Waals surface area contributed by atoms with Crippen LogP contribution in [0.3, 0.4) is 0 Å². The normalized spacial score (nSPS) is 12.5. The second-order valence-corrected chi connectivity index (χ2v) is 6.12. The molecule has 1 unspecified atom stereocenters. The number of hydrogen-bond acceptors (Lipinski definition) is 5. The number of anilines is 1. The Hall–Kier alpha value is -1.47. The molecule has 2 rings (SSSR count). The highest BCUT2D eigenvalue weighted by Gasteiger charge is 2.10. The SMILES string of the molecule is CS(=O)CCCn1nnnc1-c1cc(N)cc(Cl)c1. The highest BCUT2D eigenvalue weighted by Crippen LogP contribution is 2.24. The number of rotatable bonds is 5. The van der Waals surface area contributed by atoms with E-state index in [9.17, 15) is 4.21 Å². The molecule has 8 heteroatoms. The van der Waals surface area contributed by atoms with Crippen LogP contribution in [0.2, 0.25) is 5.02 Å². The van der Waals surface area contributed by atoms with Gasteiger partial charge in [-0.15, -0.1) is 5.10 Å². The molecule has 0 radical (unpaired) electrons. The number of tetrazole rings is 1. The standard InChI is InChI=1S/C11H14ClN5OS/c1-19(18)4-2-3-17-11(14-15-16-17)8-5-9(12)7-10(13)6-8/h5-7H,2-4,13H2,1H3. The van der Waals surface area contributed by atoms with Crippen molar-refractivity contribution in [3.05, 3.63) is 23.2 Å². The first kappa shape index (κ1) is 14.0. The highest BCUT2D eigenvalue weighted by molar-refractivity contribution is 7.84. The molecule has 0 aliphatic heterocycles. The van der Waals surface area contributed by atoms with E-state index in [2.05, 4.69) is 15.5 Å². The van der Waals surface area contributed by atoms with Crippen molar-refractivity contribution in [2.75, 3.05) is 17.7 Å². The molecule has 0 amide bonds. The first-order valence-corrected chi connectivity index (χ1v) is 7.79. The molecule has 1 heterocycles. The van der Waals surface area contributed by atoms with Gasteiger partial charge in [0, 0.05) is 45.6 Å². The Morgan fingerprint density at radius 3 is 2.89 bits per heavy atom. The smallest absolute Gasteiger partial charge is 0.182 e. The first-order chi connectivity index (χ1) is 9.06. The van der Waals surface area contributed by atoms with Crippen LogP contribution in [0, 0.1) is 0 Å². The molecule has 0 saturated heterocycles. The summed E-state index contributed by atoms with van der Waals surface area (Å²) in [7, 11) is -0.809. The fraction of sp³-hybridized carbons (Fsp3) is 0.364. The van der Waals surface area contributed by atoms with Gasteiger partial charge in [0.05, 0.1) is 0 Å². The van der Waals surface area contributed by atoms with Gasteiger partial charge < -0.3 is 5.73 Å². The van der Waals surface area contributed by atoms with Gasteiger partial charge in [0.1, 0.15) is 0 Å². The van der Waals surface area contributed by atoms with E-state index in [-0.39, 0.29) is 0 Å². The van der Waals surface area contributed by atoms with E-state index in [0.717, 1.165) is 12.0 Å². The summed E-state index contributed by atoms with van der Waals surface area (Å²) in [5.41, 5.74) is 7.09. The summed E-state index contributed by atoms with van der Waals surface area (Å²) in [4.78, 5) is 0. The summed E-state index contributed by atoms with van der Waals surface area (Å²) in [6.07, 6.45) is 2.43. The van der Waals surface area contributed by atoms with E-state index in [1.54, 1.807) is 29.1 Å². The minimum atomic E-state index is -0.809. The molecule has 6 nitrogen and oxygen atoms in total. The van der Waals surface area contributed by atoms with E-state index in [0.29, 0.717) is 28.8 Å². The average molecular weight is 300 g/mol. The van der Waals surface area contributed by atoms with Crippen LogP contribution in [-0.4, -0.2) is 36.4 Å². The van der Waals surface area contributed by atoms with Gasteiger partial charge in [0.2, 0.25) is 0 Å². The maximum absolute atomic E-state index is 11.0. The third-order valence-corrected chi connectivity index (χ3v) is 3.59. The third-order valence-electron chi connectivity index (χ3n) is 2.51. The number of aromatic nitrogens is 4. The second-order valence-electron chi connectivity index (χ2n) is 4.13. The molecule has 1 aromatic carbocycles. The first-order valence-electron chi connectivity index (χ1n) is 5.69. The zero-order chi connectivity index (χ0) is 13.8. The maximum Gasteiger partial charge on any atom is 0.182 e. The largest absolute Gasteiger partial charge is 0.399 e. The molecule has 1 aromatic heterocycles. The Balaban J connectivity index is 2.21. The molecule has 2 N–H and O–H groups in total. The van der Waals surface area contributed by atoms with Crippen molar-refractivity contribution in [3.63, 3.8) is 0 Å². The monoisotopic (exact) mass is 299 g/mol. The van der Waals surface area contributed by atoms with Crippen molar-refractivity contribution in [2.24, 2.45) is 0 Å². The summed E-state index contributed by atoms with van der Waals surface area (Å²) >= 11 is 5.97. The lowest BCUT2D eigenvalue weighted by atomic mass is 10.2. The van der Waals surface area contributed by atoms with Crippen LogP contribution < -0.4 is 5.73 Å². The number of aryl methyl sites for hydroxylation is 1. The Bertz CT molecular complexity index is 580. The second kappa shape index (κ2) is 6.12. The van der Waals surface area contributed by atoms with Crippen molar-refractivity contribution in [1.82, 2.24) is 20.2 Å². The molecule has 1 atom stereocenters. The molecule has 19 heavy (non-hydrogen) atoms. The molecule has 0 aliphatic carbocycles. The fourth-order valence-corrected chi connectivity index (χ4v) is 2.50. The zero-order valence-corrected chi connectivity index (χ0v) is 12.0. The summed E-state index contributed by atoms with van der Waals surface area (Å²) in [6, 6.07) is 5.20. The van der Waals surface area contributed by atoms with Crippen molar-refractivity contribution in [3.8, 4) is 11.4 Å². The lowest BCUT2D eigenvalue weighted by molar-refractivity contribution is 0.583. The van der Waals surface area contributed by atoms with Gasteiger partial charge in [0.25, 0.3) is 0 Å². The van der Waals surface area contributed by atoms with Gasteiger partial charge in [-0.05, 0) is 35.0 Å². The number of nitrogens with zero attached hydrogens (tertiary/aromatic N) is 4. The van der Waals surface area contributed by atoms with E-state index < -0.39 is 10.8 Å². The van der Waals surface area contributed by atoms with E-state index >= 15 is 0 Å². The predicted molar refractivity (Wildman–Crippen MR) is 76.2 cm³/mol. The van der Waals surface area contributed by atoms with Gasteiger partial charge in [-0.2, -0.15) is 0 Å². The topological polar surface area (TPSA) is 86.7 Å². The van der Waals surface area contributed by atoms with Gasteiger partial charge in [-0.3, -0.25) is 4.21 Å². The molecular weight excluding hydrogens is 286 g/mol. The number of benzene rings is 1. The third kappa shape index (κ3) is 3.74.